The summed E-state index contributed by atoms with van der Waals surface area (Å²) in [5.41, 5.74) is 6.77. The molecule has 0 heterocycles. The third-order valence-electron chi connectivity index (χ3n) is 2.18. The van der Waals surface area contributed by atoms with Crippen LogP contribution in [0.15, 0.2) is 18.2 Å². The van der Waals surface area contributed by atoms with Crippen LogP contribution in [0.1, 0.15) is 11.1 Å². The van der Waals surface area contributed by atoms with Crippen molar-refractivity contribution in [2.24, 2.45) is 5.73 Å². The Kier molecular flexibility index (Phi) is 4.79. The van der Waals surface area contributed by atoms with Crippen LogP contribution in [-0.4, -0.2) is 35.2 Å². The zero-order chi connectivity index (χ0) is 12.1. The van der Waals surface area contributed by atoms with E-state index < -0.39 is 0 Å². The number of hydrogen-bond donors (Lipinski definition) is 2. The number of halogens is 1. The van der Waals surface area contributed by atoms with Crippen LogP contribution in [0, 0.1) is 5.82 Å². The summed E-state index contributed by atoms with van der Waals surface area (Å²) < 4.78 is 13.2. The summed E-state index contributed by atoms with van der Waals surface area (Å²) in [6.45, 7) is 1.17. The van der Waals surface area contributed by atoms with Crippen molar-refractivity contribution in [2.75, 3.05) is 20.2 Å². The molecule has 0 aromatic heterocycles. The van der Waals surface area contributed by atoms with Crippen molar-refractivity contribution >= 4 is 17.2 Å². The molecule has 0 bridgehead atoms. The highest BCUT2D eigenvalue weighted by Gasteiger charge is 2.05. The number of hydrogen-bond acceptors (Lipinski definition) is 3. The molecule has 0 amide bonds. The first-order chi connectivity index (χ1) is 7.52. The van der Waals surface area contributed by atoms with Gasteiger partial charge >= 0.3 is 0 Å². The average Bonchev–Trinajstić information content (AvgIpc) is 2.16. The number of thiocarbonyl (C=S) groups is 1. The van der Waals surface area contributed by atoms with Crippen LogP contribution >= 0.6 is 12.2 Å². The van der Waals surface area contributed by atoms with Gasteiger partial charge in [-0.3, -0.25) is 4.90 Å². The zero-order valence-electron chi connectivity index (χ0n) is 9.11. The minimum atomic E-state index is -0.349. The van der Waals surface area contributed by atoms with E-state index in [0.29, 0.717) is 18.7 Å². The first-order valence-corrected chi connectivity index (χ1v) is 5.32. The number of nitrogens with two attached hydrogens (primary N) is 1. The predicted molar refractivity (Wildman–Crippen MR) is 65.7 cm³/mol. The van der Waals surface area contributed by atoms with E-state index >= 15 is 0 Å². The summed E-state index contributed by atoms with van der Waals surface area (Å²) in [5, 5.41) is 8.76. The maximum atomic E-state index is 13.2. The molecule has 0 radical (unpaired) electrons. The number of likely N-dealkylation sites (N-methyl/N-ethyl adjacent to an activating group) is 1. The summed E-state index contributed by atoms with van der Waals surface area (Å²) in [7, 11) is 1.85. The fraction of sp³-hybridized carbons (Fsp3) is 0.364. The van der Waals surface area contributed by atoms with Crippen molar-refractivity contribution in [3.63, 3.8) is 0 Å². The van der Waals surface area contributed by atoms with Gasteiger partial charge in [-0.25, -0.2) is 4.39 Å². The number of aliphatic hydroxyl groups excluding tert-OH is 1. The zero-order valence-corrected chi connectivity index (χ0v) is 9.93. The van der Waals surface area contributed by atoms with Crippen molar-refractivity contribution in [2.45, 2.75) is 6.54 Å². The molecule has 16 heavy (non-hydrogen) atoms. The van der Waals surface area contributed by atoms with E-state index in [-0.39, 0.29) is 17.4 Å². The first-order valence-electron chi connectivity index (χ1n) is 4.91. The second kappa shape index (κ2) is 5.89. The highest BCUT2D eigenvalue weighted by molar-refractivity contribution is 7.80. The molecular weight excluding hydrogens is 227 g/mol. The lowest BCUT2D eigenvalue weighted by Crippen LogP contribution is -2.22. The molecule has 88 valence electrons. The number of aliphatic hydroxyl groups is 1. The predicted octanol–water partition coefficient (Wildman–Crippen LogP) is 0.884. The lowest BCUT2D eigenvalue weighted by Gasteiger charge is -2.15. The Hall–Kier alpha value is -1.04. The SMILES string of the molecule is CN(CCO)Cc1cc(F)cc(C(N)=S)c1. The molecule has 3 nitrogen and oxygen atoms in total. The second-order valence-corrected chi connectivity index (χ2v) is 4.11. The largest absolute Gasteiger partial charge is 0.395 e. The van der Waals surface area contributed by atoms with Crippen LogP contribution in [0.2, 0.25) is 0 Å². The fourth-order valence-electron chi connectivity index (χ4n) is 1.45. The van der Waals surface area contributed by atoms with Gasteiger partial charge in [0.2, 0.25) is 0 Å². The van der Waals surface area contributed by atoms with Crippen LogP contribution in [0.4, 0.5) is 4.39 Å². The van der Waals surface area contributed by atoms with Gasteiger partial charge < -0.3 is 10.8 Å². The monoisotopic (exact) mass is 242 g/mol. The molecule has 0 aliphatic carbocycles. The molecule has 3 N–H and O–H groups in total. The van der Waals surface area contributed by atoms with Gasteiger partial charge in [-0.15, -0.1) is 0 Å². The Bertz CT molecular complexity index is 384. The molecule has 0 atom stereocenters. The molecule has 1 aromatic rings. The lowest BCUT2D eigenvalue weighted by molar-refractivity contribution is 0.217. The van der Waals surface area contributed by atoms with Gasteiger partial charge in [0.05, 0.1) is 6.61 Å². The molecule has 0 aliphatic rings. The Labute approximate surface area is 99.7 Å². The van der Waals surface area contributed by atoms with Gasteiger partial charge in [-0.2, -0.15) is 0 Å². The van der Waals surface area contributed by atoms with Gasteiger partial charge in [0.25, 0.3) is 0 Å². The Balaban J connectivity index is 2.84. The third-order valence-corrected chi connectivity index (χ3v) is 2.41. The molecule has 0 spiro atoms. The standard InChI is InChI=1S/C11H15FN2OS/c1-14(2-3-15)7-8-4-9(11(13)16)6-10(12)5-8/h4-6,15H,2-3,7H2,1H3,(H2,13,16). The van der Waals surface area contributed by atoms with Crippen LogP contribution in [-0.2, 0) is 6.54 Å². The normalized spacial score (nSPS) is 10.8. The number of nitrogens with zero attached hydrogens (tertiary/aromatic N) is 1. The van der Waals surface area contributed by atoms with Gasteiger partial charge in [0, 0.05) is 18.7 Å². The lowest BCUT2D eigenvalue weighted by atomic mass is 10.1. The van der Waals surface area contributed by atoms with Crippen molar-refractivity contribution in [1.29, 1.82) is 0 Å². The highest BCUT2D eigenvalue weighted by atomic mass is 32.1. The van der Waals surface area contributed by atoms with Gasteiger partial charge in [-0.1, -0.05) is 12.2 Å². The van der Waals surface area contributed by atoms with Gasteiger partial charge in [0.1, 0.15) is 10.8 Å². The molecular formula is C11H15FN2OS. The summed E-state index contributed by atoms with van der Waals surface area (Å²) in [6, 6.07) is 4.52. The molecule has 1 aromatic carbocycles. The van der Waals surface area contributed by atoms with E-state index in [2.05, 4.69) is 0 Å². The highest BCUT2D eigenvalue weighted by Crippen LogP contribution is 2.11. The molecule has 0 fully saturated rings. The summed E-state index contributed by atoms with van der Waals surface area (Å²) in [5.74, 6) is -0.349. The summed E-state index contributed by atoms with van der Waals surface area (Å²) >= 11 is 4.80. The Morgan fingerprint density at radius 3 is 2.75 bits per heavy atom. The average molecular weight is 242 g/mol. The van der Waals surface area contributed by atoms with Gasteiger partial charge in [-0.05, 0) is 30.8 Å². The van der Waals surface area contributed by atoms with Crippen LogP contribution in [0.5, 0.6) is 0 Å². The Morgan fingerprint density at radius 1 is 1.50 bits per heavy atom. The first kappa shape index (κ1) is 13.0. The maximum absolute atomic E-state index is 13.2. The summed E-state index contributed by atoms with van der Waals surface area (Å²) in [4.78, 5) is 2.07. The van der Waals surface area contributed by atoms with E-state index in [4.69, 9.17) is 23.1 Å². The minimum absolute atomic E-state index is 0.0774. The van der Waals surface area contributed by atoms with Crippen molar-refractivity contribution < 1.29 is 9.50 Å². The molecule has 0 saturated carbocycles. The molecule has 1 rings (SSSR count). The third kappa shape index (κ3) is 3.84. The van der Waals surface area contributed by atoms with E-state index in [1.54, 1.807) is 6.07 Å². The van der Waals surface area contributed by atoms with Crippen molar-refractivity contribution in [1.82, 2.24) is 4.90 Å². The second-order valence-electron chi connectivity index (χ2n) is 3.67. The molecule has 0 saturated heterocycles. The van der Waals surface area contributed by atoms with E-state index in [9.17, 15) is 4.39 Å². The Morgan fingerprint density at radius 2 is 2.19 bits per heavy atom. The van der Waals surface area contributed by atoms with E-state index in [0.717, 1.165) is 5.56 Å². The minimum Gasteiger partial charge on any atom is -0.395 e. The van der Waals surface area contributed by atoms with E-state index in [1.807, 2.05) is 11.9 Å². The smallest absolute Gasteiger partial charge is 0.124 e. The van der Waals surface area contributed by atoms with Crippen LogP contribution < -0.4 is 5.73 Å². The van der Waals surface area contributed by atoms with Crippen molar-refractivity contribution in [3.8, 4) is 0 Å². The molecule has 5 heteroatoms. The van der Waals surface area contributed by atoms with E-state index in [1.165, 1.54) is 12.1 Å². The number of benzene rings is 1. The summed E-state index contributed by atoms with van der Waals surface area (Å²) in [6.07, 6.45) is 0. The molecule has 0 unspecified atom stereocenters. The number of rotatable bonds is 5. The quantitative estimate of drug-likeness (QED) is 0.753. The van der Waals surface area contributed by atoms with Crippen LogP contribution in [0.25, 0.3) is 0 Å². The fourth-order valence-corrected chi connectivity index (χ4v) is 1.56. The maximum Gasteiger partial charge on any atom is 0.124 e. The van der Waals surface area contributed by atoms with Gasteiger partial charge in [0.15, 0.2) is 0 Å². The topological polar surface area (TPSA) is 49.5 Å². The van der Waals surface area contributed by atoms with Crippen LogP contribution in [0.3, 0.4) is 0 Å². The molecule has 0 aliphatic heterocycles. The van der Waals surface area contributed by atoms with Crippen molar-refractivity contribution in [3.05, 3.63) is 35.1 Å².